The molecule has 4 aromatic rings. The number of carbonyl (C=O) groups is 2. The fourth-order valence-electron chi connectivity index (χ4n) is 4.95. The second kappa shape index (κ2) is 15.0. The monoisotopic (exact) mass is 719 g/mol. The lowest BCUT2D eigenvalue weighted by atomic mass is 10.0. The van der Waals surface area contributed by atoms with Gasteiger partial charge < -0.3 is 10.2 Å². The molecule has 0 fully saturated rings. The van der Waals surface area contributed by atoms with Gasteiger partial charge in [-0.1, -0.05) is 83.9 Å². The summed E-state index contributed by atoms with van der Waals surface area (Å²) in [6, 6.07) is 23.1. The summed E-state index contributed by atoms with van der Waals surface area (Å²) >= 11 is 13.0. The molecule has 0 aliphatic carbocycles. The van der Waals surface area contributed by atoms with Crippen LogP contribution in [0.5, 0.6) is 0 Å². The number of alkyl halides is 3. The second-order valence-corrected chi connectivity index (χ2v) is 14.7. The molecular formula is C35H34Cl2F3N3O4S. The van der Waals surface area contributed by atoms with E-state index in [4.69, 9.17) is 23.2 Å². The average Bonchev–Trinajstić information content (AvgIpc) is 3.02. The molecular weight excluding hydrogens is 686 g/mol. The highest BCUT2D eigenvalue weighted by atomic mass is 35.5. The van der Waals surface area contributed by atoms with E-state index in [1.165, 1.54) is 35.2 Å². The highest BCUT2D eigenvalue weighted by Crippen LogP contribution is 2.34. The maximum Gasteiger partial charge on any atom is 0.416 e. The third-order valence-electron chi connectivity index (χ3n) is 7.23. The van der Waals surface area contributed by atoms with Crippen LogP contribution in [0, 0.1) is 0 Å². The number of hydrogen-bond acceptors (Lipinski definition) is 4. The number of nitrogens with zero attached hydrogens (tertiary/aromatic N) is 2. The normalized spacial score (nSPS) is 12.7. The fraction of sp³-hybridized carbons (Fsp3) is 0.257. The first-order chi connectivity index (χ1) is 22.5. The lowest BCUT2D eigenvalue weighted by Gasteiger charge is -2.35. The Hall–Kier alpha value is -4.06. The molecule has 0 unspecified atom stereocenters. The second-order valence-electron chi connectivity index (χ2n) is 12.0. The van der Waals surface area contributed by atoms with Crippen LogP contribution in [0.4, 0.5) is 18.9 Å². The van der Waals surface area contributed by atoms with Gasteiger partial charge in [-0.05, 0) is 68.8 Å². The smallest absolute Gasteiger partial charge is 0.350 e. The molecule has 1 atom stereocenters. The number of sulfonamides is 1. The summed E-state index contributed by atoms with van der Waals surface area (Å²) in [5.74, 6) is -1.42. The molecule has 0 saturated carbocycles. The van der Waals surface area contributed by atoms with Gasteiger partial charge in [-0.25, -0.2) is 8.42 Å². The minimum Gasteiger partial charge on any atom is -0.350 e. The zero-order valence-electron chi connectivity index (χ0n) is 26.3. The Morgan fingerprint density at radius 2 is 1.38 bits per heavy atom. The molecule has 1 N–H and O–H groups in total. The van der Waals surface area contributed by atoms with Crippen LogP contribution in [0.15, 0.2) is 108 Å². The first-order valence-electron chi connectivity index (χ1n) is 14.8. The van der Waals surface area contributed by atoms with Crippen LogP contribution >= 0.6 is 23.2 Å². The molecule has 4 aromatic carbocycles. The Bertz CT molecular complexity index is 1830. The standard InChI is InChI=1S/C35H34Cl2F3N3O4S/c1-34(2,3)41-33(45)31(20-24-12-6-4-7-13-24)42(22-28-29(36)18-11-19-30(28)37)32(44)23-43(48(46,47)27-16-8-5-9-17-27)26-15-10-14-25(21-26)35(38,39)40/h4-19,21,31H,20,22-23H2,1-3H3,(H,41,45)/t31-/m1/s1. The summed E-state index contributed by atoms with van der Waals surface area (Å²) in [4.78, 5) is 29.4. The van der Waals surface area contributed by atoms with Gasteiger partial charge >= 0.3 is 6.18 Å². The van der Waals surface area contributed by atoms with Gasteiger partial charge in [0.05, 0.1) is 16.1 Å². The maximum atomic E-state index is 14.5. The summed E-state index contributed by atoms with van der Waals surface area (Å²) in [5.41, 5.74) is -1.22. The summed E-state index contributed by atoms with van der Waals surface area (Å²) in [6.07, 6.45) is -4.77. The van der Waals surface area contributed by atoms with Crippen LogP contribution in [0.1, 0.15) is 37.5 Å². The molecule has 0 bridgehead atoms. The Balaban J connectivity index is 1.88. The van der Waals surface area contributed by atoms with Gasteiger partial charge in [-0.15, -0.1) is 0 Å². The number of rotatable bonds is 11. The third-order valence-corrected chi connectivity index (χ3v) is 9.73. The fourth-order valence-corrected chi connectivity index (χ4v) is 6.89. The molecule has 13 heteroatoms. The molecule has 4 rings (SSSR count). The number of amides is 2. The first-order valence-corrected chi connectivity index (χ1v) is 17.0. The lowest BCUT2D eigenvalue weighted by molar-refractivity contribution is -0.140. The molecule has 0 saturated heterocycles. The van der Waals surface area contributed by atoms with Gasteiger partial charge in [-0.3, -0.25) is 13.9 Å². The summed E-state index contributed by atoms with van der Waals surface area (Å²) < 4.78 is 70.1. The van der Waals surface area contributed by atoms with Gasteiger partial charge in [0.2, 0.25) is 11.8 Å². The molecule has 0 aliphatic heterocycles. The molecule has 0 aliphatic rings. The van der Waals surface area contributed by atoms with Crippen molar-refractivity contribution in [1.82, 2.24) is 10.2 Å². The van der Waals surface area contributed by atoms with Crippen molar-refractivity contribution in [3.05, 3.63) is 130 Å². The van der Waals surface area contributed by atoms with Crippen molar-refractivity contribution in [2.24, 2.45) is 0 Å². The number of halogens is 5. The van der Waals surface area contributed by atoms with Crippen LogP contribution in [0.2, 0.25) is 10.0 Å². The third kappa shape index (κ3) is 9.30. The van der Waals surface area contributed by atoms with Gasteiger partial charge in [0.15, 0.2) is 0 Å². The van der Waals surface area contributed by atoms with Crippen molar-refractivity contribution >= 4 is 50.7 Å². The summed E-state index contributed by atoms with van der Waals surface area (Å²) in [5, 5.41) is 3.29. The zero-order chi connectivity index (χ0) is 35.3. The SMILES string of the molecule is CC(C)(C)NC(=O)[C@@H](Cc1ccccc1)N(Cc1c(Cl)cccc1Cl)C(=O)CN(c1cccc(C(F)(F)F)c1)S(=O)(=O)c1ccccc1. The highest BCUT2D eigenvalue weighted by molar-refractivity contribution is 7.92. The number of carbonyl (C=O) groups excluding carboxylic acids is 2. The molecule has 254 valence electrons. The van der Waals surface area contributed by atoms with E-state index in [2.05, 4.69) is 5.32 Å². The minimum atomic E-state index is -4.79. The van der Waals surface area contributed by atoms with E-state index in [1.807, 2.05) is 0 Å². The van der Waals surface area contributed by atoms with Crippen molar-refractivity contribution in [3.8, 4) is 0 Å². The predicted molar refractivity (Wildman–Crippen MR) is 181 cm³/mol. The topological polar surface area (TPSA) is 86.8 Å². The van der Waals surface area contributed by atoms with Gasteiger partial charge in [0, 0.05) is 34.1 Å². The molecule has 0 aromatic heterocycles. The molecule has 0 spiro atoms. The van der Waals surface area contributed by atoms with Crippen LogP contribution < -0.4 is 9.62 Å². The van der Waals surface area contributed by atoms with Crippen LogP contribution in [-0.2, 0) is 38.8 Å². The van der Waals surface area contributed by atoms with E-state index >= 15 is 0 Å². The Kier molecular flexibility index (Phi) is 11.5. The number of nitrogens with one attached hydrogen (secondary N) is 1. The average molecular weight is 721 g/mol. The van der Waals surface area contributed by atoms with Crippen molar-refractivity contribution in [2.75, 3.05) is 10.8 Å². The Labute approximate surface area is 288 Å². The van der Waals surface area contributed by atoms with E-state index in [0.717, 1.165) is 12.1 Å². The molecule has 7 nitrogen and oxygen atoms in total. The molecule has 48 heavy (non-hydrogen) atoms. The van der Waals surface area contributed by atoms with Gasteiger partial charge in [0.1, 0.15) is 12.6 Å². The minimum absolute atomic E-state index is 0.0194. The molecule has 0 radical (unpaired) electrons. The van der Waals surface area contributed by atoms with Crippen LogP contribution in [0.3, 0.4) is 0 Å². The van der Waals surface area contributed by atoms with Crippen molar-refractivity contribution in [1.29, 1.82) is 0 Å². The molecule has 0 heterocycles. The lowest BCUT2D eigenvalue weighted by Crippen LogP contribution is -2.56. The maximum absolute atomic E-state index is 14.5. The quantitative estimate of drug-likeness (QED) is 0.172. The predicted octanol–water partition coefficient (Wildman–Crippen LogP) is 7.76. The van der Waals surface area contributed by atoms with Crippen molar-refractivity contribution < 1.29 is 31.2 Å². The van der Waals surface area contributed by atoms with Gasteiger partial charge in [-0.2, -0.15) is 13.2 Å². The van der Waals surface area contributed by atoms with E-state index in [0.29, 0.717) is 21.5 Å². The van der Waals surface area contributed by atoms with E-state index in [1.54, 1.807) is 75.4 Å². The largest absolute Gasteiger partial charge is 0.416 e. The van der Waals surface area contributed by atoms with Crippen LogP contribution in [0.25, 0.3) is 0 Å². The Morgan fingerprint density at radius 3 is 1.94 bits per heavy atom. The van der Waals surface area contributed by atoms with Crippen molar-refractivity contribution in [2.45, 2.75) is 56.4 Å². The van der Waals surface area contributed by atoms with E-state index in [-0.39, 0.29) is 27.9 Å². The van der Waals surface area contributed by atoms with E-state index in [9.17, 15) is 31.2 Å². The van der Waals surface area contributed by atoms with Gasteiger partial charge in [0.25, 0.3) is 10.0 Å². The van der Waals surface area contributed by atoms with E-state index < -0.39 is 57.4 Å². The number of benzene rings is 4. The zero-order valence-corrected chi connectivity index (χ0v) is 28.7. The van der Waals surface area contributed by atoms with Crippen LogP contribution in [-0.4, -0.2) is 43.3 Å². The molecule has 2 amide bonds. The Morgan fingerprint density at radius 1 is 0.812 bits per heavy atom. The first kappa shape index (κ1) is 36.8. The number of hydrogen-bond donors (Lipinski definition) is 1. The van der Waals surface area contributed by atoms with Crippen molar-refractivity contribution in [3.63, 3.8) is 0 Å². The summed E-state index contributed by atoms with van der Waals surface area (Å²) in [6.45, 7) is 4.04. The summed E-state index contributed by atoms with van der Waals surface area (Å²) in [7, 11) is -4.60. The highest BCUT2D eigenvalue weighted by Gasteiger charge is 2.37. The number of anilines is 1.